The number of primary amides is 1. The standard InChI is InChI=1S/C18H24F3N3O3/c1-23-16(26)14(11-12-7-3-2-4-8-12)13(15(22)25)9-5-6-10-24-17(27)18(19,20)21/h2-4,7-8,13-14H,5-6,9-11H2,1H3,(H2,22,25)(H,23,26)(H,24,27)/t13?,14-/m0/s1. The maximum absolute atomic E-state index is 12.2. The number of hydrogen-bond acceptors (Lipinski definition) is 3. The van der Waals surface area contributed by atoms with E-state index in [0.29, 0.717) is 12.8 Å². The lowest BCUT2D eigenvalue weighted by Gasteiger charge is -2.23. The Kier molecular flexibility index (Phi) is 8.77. The second-order valence-electron chi connectivity index (χ2n) is 6.17. The van der Waals surface area contributed by atoms with Gasteiger partial charge in [0.2, 0.25) is 11.8 Å². The van der Waals surface area contributed by atoms with Gasteiger partial charge in [0.1, 0.15) is 0 Å². The summed E-state index contributed by atoms with van der Waals surface area (Å²) in [5, 5.41) is 4.29. The zero-order valence-electron chi connectivity index (χ0n) is 15.0. The van der Waals surface area contributed by atoms with E-state index in [1.165, 1.54) is 7.05 Å². The molecule has 1 unspecified atom stereocenters. The number of nitrogens with one attached hydrogen (secondary N) is 2. The Hall–Kier alpha value is -2.58. The Labute approximate surface area is 155 Å². The van der Waals surface area contributed by atoms with E-state index in [9.17, 15) is 27.6 Å². The molecule has 0 aliphatic carbocycles. The first kappa shape index (κ1) is 22.5. The number of hydrogen-bond donors (Lipinski definition) is 3. The first-order chi connectivity index (χ1) is 12.7. The number of alkyl halides is 3. The van der Waals surface area contributed by atoms with Crippen LogP contribution >= 0.6 is 0 Å². The monoisotopic (exact) mass is 387 g/mol. The molecule has 0 heterocycles. The van der Waals surface area contributed by atoms with Crippen molar-refractivity contribution in [3.8, 4) is 0 Å². The van der Waals surface area contributed by atoms with Gasteiger partial charge in [0, 0.05) is 19.5 Å². The van der Waals surface area contributed by atoms with Crippen LogP contribution in [0, 0.1) is 11.8 Å². The molecule has 1 aromatic rings. The van der Waals surface area contributed by atoms with Crippen LogP contribution in [0.2, 0.25) is 0 Å². The largest absolute Gasteiger partial charge is 0.471 e. The van der Waals surface area contributed by atoms with Crippen molar-refractivity contribution in [1.82, 2.24) is 10.6 Å². The zero-order chi connectivity index (χ0) is 20.4. The predicted molar refractivity (Wildman–Crippen MR) is 93.3 cm³/mol. The van der Waals surface area contributed by atoms with Crippen LogP contribution in [0.4, 0.5) is 13.2 Å². The van der Waals surface area contributed by atoms with Crippen LogP contribution in [-0.4, -0.2) is 37.5 Å². The van der Waals surface area contributed by atoms with Crippen molar-refractivity contribution in [3.05, 3.63) is 35.9 Å². The average molecular weight is 387 g/mol. The minimum Gasteiger partial charge on any atom is -0.369 e. The third-order valence-electron chi connectivity index (χ3n) is 4.22. The highest BCUT2D eigenvalue weighted by molar-refractivity contribution is 5.87. The molecule has 0 saturated heterocycles. The van der Waals surface area contributed by atoms with Gasteiger partial charge in [-0.05, 0) is 24.8 Å². The fourth-order valence-electron chi connectivity index (χ4n) is 2.80. The summed E-state index contributed by atoms with van der Waals surface area (Å²) in [7, 11) is 1.46. The van der Waals surface area contributed by atoms with Gasteiger partial charge in [0.25, 0.3) is 0 Å². The molecule has 4 N–H and O–H groups in total. The molecule has 0 bridgehead atoms. The summed E-state index contributed by atoms with van der Waals surface area (Å²) in [4.78, 5) is 34.9. The Balaban J connectivity index is 2.65. The molecule has 0 aliphatic heterocycles. The lowest BCUT2D eigenvalue weighted by Crippen LogP contribution is -2.40. The smallest absolute Gasteiger partial charge is 0.369 e. The lowest BCUT2D eigenvalue weighted by molar-refractivity contribution is -0.173. The highest BCUT2D eigenvalue weighted by Gasteiger charge is 2.38. The van der Waals surface area contributed by atoms with Gasteiger partial charge in [-0.1, -0.05) is 36.8 Å². The Bertz CT molecular complexity index is 636. The van der Waals surface area contributed by atoms with Crippen molar-refractivity contribution < 1.29 is 27.6 Å². The SMILES string of the molecule is CNC(=O)[C@@H](Cc1ccccc1)C(CCCCNC(=O)C(F)(F)F)C(N)=O. The minimum absolute atomic E-state index is 0.173. The third kappa shape index (κ3) is 7.67. The number of carbonyl (C=O) groups excluding carboxylic acids is 3. The predicted octanol–water partition coefficient (Wildman–Crippen LogP) is 1.54. The Morgan fingerprint density at radius 2 is 1.70 bits per heavy atom. The van der Waals surface area contributed by atoms with Crippen molar-refractivity contribution in [2.75, 3.05) is 13.6 Å². The van der Waals surface area contributed by atoms with Crippen molar-refractivity contribution in [2.45, 2.75) is 31.9 Å². The molecule has 1 rings (SSSR count). The summed E-state index contributed by atoms with van der Waals surface area (Å²) in [6.07, 6.45) is -3.79. The summed E-state index contributed by atoms with van der Waals surface area (Å²) in [5.41, 5.74) is 6.34. The molecule has 0 spiro atoms. The van der Waals surface area contributed by atoms with Gasteiger partial charge in [0.15, 0.2) is 0 Å². The van der Waals surface area contributed by atoms with Gasteiger partial charge in [-0.15, -0.1) is 0 Å². The van der Waals surface area contributed by atoms with Crippen molar-refractivity contribution >= 4 is 17.7 Å². The summed E-state index contributed by atoms with van der Waals surface area (Å²) >= 11 is 0. The maximum atomic E-state index is 12.2. The molecular weight excluding hydrogens is 363 g/mol. The first-order valence-corrected chi connectivity index (χ1v) is 8.56. The Morgan fingerprint density at radius 1 is 1.07 bits per heavy atom. The van der Waals surface area contributed by atoms with Crippen molar-refractivity contribution in [3.63, 3.8) is 0 Å². The van der Waals surface area contributed by atoms with Gasteiger partial charge in [-0.2, -0.15) is 13.2 Å². The number of rotatable bonds is 10. The van der Waals surface area contributed by atoms with Crippen LogP contribution < -0.4 is 16.4 Å². The molecule has 0 saturated carbocycles. The second kappa shape index (κ2) is 10.5. The minimum atomic E-state index is -4.92. The van der Waals surface area contributed by atoms with Crippen molar-refractivity contribution in [2.24, 2.45) is 17.6 Å². The topological polar surface area (TPSA) is 101 Å². The molecular formula is C18H24F3N3O3. The number of nitrogens with two attached hydrogens (primary N) is 1. The van der Waals surface area contributed by atoms with E-state index in [1.807, 2.05) is 30.3 Å². The van der Waals surface area contributed by atoms with E-state index in [0.717, 1.165) is 5.56 Å². The highest BCUT2D eigenvalue weighted by Crippen LogP contribution is 2.23. The van der Waals surface area contributed by atoms with Gasteiger partial charge >= 0.3 is 12.1 Å². The van der Waals surface area contributed by atoms with E-state index < -0.39 is 29.8 Å². The zero-order valence-corrected chi connectivity index (χ0v) is 15.0. The quantitative estimate of drug-likeness (QED) is 0.531. The number of benzene rings is 1. The molecule has 9 heteroatoms. The van der Waals surface area contributed by atoms with Crippen LogP contribution in [-0.2, 0) is 20.8 Å². The van der Waals surface area contributed by atoms with Gasteiger partial charge < -0.3 is 16.4 Å². The molecule has 1 aromatic carbocycles. The molecule has 0 fully saturated rings. The van der Waals surface area contributed by atoms with E-state index in [1.54, 1.807) is 5.32 Å². The molecule has 0 aliphatic rings. The number of carbonyl (C=O) groups is 3. The molecule has 0 aromatic heterocycles. The molecule has 3 amide bonds. The van der Waals surface area contributed by atoms with Gasteiger partial charge in [0.05, 0.1) is 5.92 Å². The molecule has 27 heavy (non-hydrogen) atoms. The number of unbranched alkanes of at least 4 members (excludes halogenated alkanes) is 1. The van der Waals surface area contributed by atoms with E-state index in [4.69, 9.17) is 5.73 Å². The van der Waals surface area contributed by atoms with Gasteiger partial charge in [-0.25, -0.2) is 0 Å². The van der Waals surface area contributed by atoms with E-state index in [-0.39, 0.29) is 25.3 Å². The van der Waals surface area contributed by atoms with Gasteiger partial charge in [-0.3, -0.25) is 14.4 Å². The summed E-state index contributed by atoms with van der Waals surface area (Å²) in [5.74, 6) is -4.41. The fourth-order valence-corrected chi connectivity index (χ4v) is 2.80. The third-order valence-corrected chi connectivity index (χ3v) is 4.22. The first-order valence-electron chi connectivity index (χ1n) is 8.56. The molecule has 0 radical (unpaired) electrons. The molecule has 2 atom stereocenters. The van der Waals surface area contributed by atoms with Crippen LogP contribution in [0.3, 0.4) is 0 Å². The highest BCUT2D eigenvalue weighted by atomic mass is 19.4. The second-order valence-corrected chi connectivity index (χ2v) is 6.17. The normalized spacial score (nSPS) is 13.5. The fraction of sp³-hybridized carbons (Fsp3) is 0.500. The molecule has 150 valence electrons. The van der Waals surface area contributed by atoms with Crippen LogP contribution in [0.5, 0.6) is 0 Å². The summed E-state index contributed by atoms with van der Waals surface area (Å²) < 4.78 is 36.3. The van der Waals surface area contributed by atoms with Crippen LogP contribution in [0.1, 0.15) is 24.8 Å². The van der Waals surface area contributed by atoms with Crippen LogP contribution in [0.15, 0.2) is 30.3 Å². The number of amides is 3. The lowest BCUT2D eigenvalue weighted by atomic mass is 9.82. The average Bonchev–Trinajstić information content (AvgIpc) is 2.62. The maximum Gasteiger partial charge on any atom is 0.471 e. The number of halogens is 3. The van der Waals surface area contributed by atoms with E-state index in [2.05, 4.69) is 5.32 Å². The molecule has 6 nitrogen and oxygen atoms in total. The van der Waals surface area contributed by atoms with E-state index >= 15 is 0 Å². The summed E-state index contributed by atoms with van der Waals surface area (Å²) in [6.45, 7) is -0.173. The van der Waals surface area contributed by atoms with Crippen molar-refractivity contribution in [1.29, 1.82) is 0 Å². The Morgan fingerprint density at radius 3 is 2.22 bits per heavy atom. The summed E-state index contributed by atoms with van der Waals surface area (Å²) in [6, 6.07) is 9.14. The van der Waals surface area contributed by atoms with Crippen LogP contribution in [0.25, 0.3) is 0 Å².